The van der Waals surface area contributed by atoms with Crippen LogP contribution in [0, 0.1) is 0 Å². The molecule has 0 bridgehead atoms. The topological polar surface area (TPSA) is 115 Å². The van der Waals surface area contributed by atoms with E-state index in [1.54, 1.807) is 26.3 Å². The Morgan fingerprint density at radius 3 is 1.44 bits per heavy atom. The van der Waals surface area contributed by atoms with E-state index in [0.717, 1.165) is 22.5 Å². The first-order chi connectivity index (χ1) is 18.6. The number of aromatic nitrogens is 2. The minimum Gasteiger partial charge on any atom is -0.378 e. The van der Waals surface area contributed by atoms with Crippen molar-refractivity contribution in [2.75, 3.05) is 38.0 Å². The molecule has 0 fully saturated rings. The lowest BCUT2D eigenvalue weighted by Gasteiger charge is -2.11. The highest BCUT2D eigenvalue weighted by Crippen LogP contribution is 2.33. The van der Waals surface area contributed by atoms with Gasteiger partial charge in [0.2, 0.25) is 0 Å². The minimum absolute atomic E-state index is 0.243. The lowest BCUT2D eigenvalue weighted by molar-refractivity contribution is -0.121. The summed E-state index contributed by atoms with van der Waals surface area (Å²) >= 11 is 3.91. The molecule has 10 nitrogen and oxygen atoms in total. The van der Waals surface area contributed by atoms with E-state index in [1.165, 1.54) is 34.9 Å². The zero-order chi connectivity index (χ0) is 28.4. The van der Waals surface area contributed by atoms with Gasteiger partial charge in [0.05, 0.1) is 22.9 Å². The summed E-state index contributed by atoms with van der Waals surface area (Å²) in [5.74, 6) is -0.486. The number of nitrogens with one attached hydrogen (secondary N) is 2. The van der Waals surface area contributed by atoms with Gasteiger partial charge in [-0.15, -0.1) is 10.2 Å². The predicted octanol–water partition coefficient (Wildman–Crippen LogP) is 3.93. The van der Waals surface area contributed by atoms with Crippen molar-refractivity contribution in [3.63, 3.8) is 0 Å². The summed E-state index contributed by atoms with van der Waals surface area (Å²) in [5, 5.41) is 15.5. The van der Waals surface area contributed by atoms with E-state index in [1.807, 2.05) is 86.5 Å². The largest absolute Gasteiger partial charge is 0.378 e. The van der Waals surface area contributed by atoms with Crippen LogP contribution in [0.15, 0.2) is 67.4 Å². The van der Waals surface area contributed by atoms with Crippen LogP contribution in [0.5, 0.6) is 0 Å². The second-order valence-electron chi connectivity index (χ2n) is 8.79. The molecule has 2 atom stereocenters. The maximum Gasteiger partial charge on any atom is 0.253 e. The lowest BCUT2D eigenvalue weighted by atomic mass is 10.2. The Hall–Kier alpha value is -3.42. The predicted molar refractivity (Wildman–Crippen MR) is 164 cm³/mol. The second kappa shape index (κ2) is 14.7. The van der Waals surface area contributed by atoms with Crippen molar-refractivity contribution >= 4 is 70.5 Å². The molecule has 3 aromatic rings. The number of carbonyl (C=O) groups excluding carboxylic acids is 2. The lowest BCUT2D eigenvalue weighted by Crippen LogP contribution is -2.26. The van der Waals surface area contributed by atoms with Gasteiger partial charge in [0.15, 0.2) is 8.68 Å². The van der Waals surface area contributed by atoms with E-state index >= 15 is 0 Å². The highest BCUT2D eigenvalue weighted by atomic mass is 32.2. The van der Waals surface area contributed by atoms with Crippen molar-refractivity contribution in [2.45, 2.75) is 33.0 Å². The van der Waals surface area contributed by atoms with Crippen LogP contribution >= 0.6 is 34.9 Å². The number of rotatable bonds is 12. The molecule has 206 valence electrons. The van der Waals surface area contributed by atoms with Gasteiger partial charge in [0.1, 0.15) is 0 Å². The number of thioether (sulfide) groups is 2. The zero-order valence-corrected chi connectivity index (χ0v) is 25.1. The summed E-state index contributed by atoms with van der Waals surface area (Å²) in [6.45, 7) is 3.55. The number of hydrazone groups is 2. The molecule has 0 radical (unpaired) electrons. The van der Waals surface area contributed by atoms with Gasteiger partial charge in [0, 0.05) is 39.6 Å². The van der Waals surface area contributed by atoms with E-state index in [4.69, 9.17) is 0 Å². The molecule has 0 aliphatic heterocycles. The third-order valence-electron chi connectivity index (χ3n) is 5.28. The molecule has 0 aliphatic carbocycles. The van der Waals surface area contributed by atoms with Crippen molar-refractivity contribution in [1.82, 2.24) is 21.0 Å². The molecule has 0 saturated carbocycles. The van der Waals surface area contributed by atoms with E-state index < -0.39 is 10.5 Å². The molecule has 2 unspecified atom stereocenters. The number of carbonyl (C=O) groups is 2. The van der Waals surface area contributed by atoms with Gasteiger partial charge >= 0.3 is 0 Å². The first kappa shape index (κ1) is 30.1. The fourth-order valence-corrected chi connectivity index (χ4v) is 6.24. The summed E-state index contributed by atoms with van der Waals surface area (Å²) in [7, 11) is 7.90. The average Bonchev–Trinajstić information content (AvgIpc) is 3.35. The summed E-state index contributed by atoms with van der Waals surface area (Å²) in [6.07, 6.45) is 3.21. The zero-order valence-electron chi connectivity index (χ0n) is 22.7. The first-order valence-electron chi connectivity index (χ1n) is 12.0. The van der Waals surface area contributed by atoms with E-state index in [2.05, 4.69) is 31.3 Å². The Bertz CT molecular complexity index is 1190. The minimum atomic E-state index is -0.425. The van der Waals surface area contributed by atoms with Crippen LogP contribution in [0.3, 0.4) is 0 Å². The molecule has 1 heterocycles. The van der Waals surface area contributed by atoms with Crippen molar-refractivity contribution in [1.29, 1.82) is 0 Å². The van der Waals surface area contributed by atoms with Crippen molar-refractivity contribution in [3.05, 3.63) is 59.7 Å². The Kier molecular flexibility index (Phi) is 11.3. The van der Waals surface area contributed by atoms with Crippen LogP contribution in [0.4, 0.5) is 11.4 Å². The van der Waals surface area contributed by atoms with Crippen molar-refractivity contribution in [3.8, 4) is 0 Å². The maximum atomic E-state index is 12.4. The fraction of sp³-hybridized carbons (Fsp3) is 0.308. The summed E-state index contributed by atoms with van der Waals surface area (Å²) < 4.78 is 1.27. The van der Waals surface area contributed by atoms with Crippen LogP contribution in [-0.2, 0) is 9.59 Å². The standard InChI is InChI=1S/C26H32N8O2S3/c1-17(23(35)29-27-15-19-7-11-21(12-8-19)33(3)4)37-25-31-32-26(39-25)38-18(2)24(36)30-28-16-20-9-13-22(14-10-20)34(5)6/h7-18H,1-6H3,(H,29,35)(H,30,36)/b27-15+,28-16+. The third-order valence-corrected chi connectivity index (χ3v) is 8.57. The molecular weight excluding hydrogens is 553 g/mol. The molecule has 13 heteroatoms. The Morgan fingerprint density at radius 1 is 0.744 bits per heavy atom. The third kappa shape index (κ3) is 9.68. The van der Waals surface area contributed by atoms with Crippen LogP contribution in [0.2, 0.25) is 0 Å². The molecular formula is C26H32N8O2S3. The van der Waals surface area contributed by atoms with Gasteiger partial charge in [0.25, 0.3) is 11.8 Å². The Balaban J connectivity index is 1.43. The van der Waals surface area contributed by atoms with Crippen molar-refractivity contribution < 1.29 is 9.59 Å². The number of benzene rings is 2. The van der Waals surface area contributed by atoms with E-state index in [9.17, 15) is 9.59 Å². The number of anilines is 2. The Labute approximate surface area is 241 Å². The van der Waals surface area contributed by atoms with Gasteiger partial charge in [-0.1, -0.05) is 59.1 Å². The number of hydrogen-bond donors (Lipinski definition) is 2. The normalized spacial score (nSPS) is 12.9. The molecule has 39 heavy (non-hydrogen) atoms. The summed E-state index contributed by atoms with van der Waals surface area (Å²) in [5.41, 5.74) is 9.06. The van der Waals surface area contributed by atoms with Crippen LogP contribution in [0.1, 0.15) is 25.0 Å². The van der Waals surface area contributed by atoms with Crippen molar-refractivity contribution in [2.24, 2.45) is 10.2 Å². The molecule has 0 saturated heterocycles. The number of amides is 2. The quantitative estimate of drug-likeness (QED) is 0.187. The summed E-state index contributed by atoms with van der Waals surface area (Å²) in [6, 6.07) is 15.7. The van der Waals surface area contributed by atoms with Gasteiger partial charge in [-0.25, -0.2) is 10.9 Å². The molecule has 3 rings (SSSR count). The number of hydrogen-bond acceptors (Lipinski definition) is 11. The van der Waals surface area contributed by atoms with E-state index in [-0.39, 0.29) is 11.8 Å². The maximum absolute atomic E-state index is 12.4. The molecule has 2 aromatic carbocycles. The molecule has 2 N–H and O–H groups in total. The highest BCUT2D eigenvalue weighted by molar-refractivity contribution is 8.04. The number of nitrogens with zero attached hydrogens (tertiary/aromatic N) is 6. The monoisotopic (exact) mass is 584 g/mol. The molecule has 2 amide bonds. The van der Waals surface area contributed by atoms with Gasteiger partial charge in [-0.3, -0.25) is 9.59 Å². The van der Waals surface area contributed by atoms with Gasteiger partial charge < -0.3 is 9.80 Å². The molecule has 0 spiro atoms. The second-order valence-corrected chi connectivity index (χ2v) is 12.9. The molecule has 1 aromatic heterocycles. The highest BCUT2D eigenvalue weighted by Gasteiger charge is 2.20. The molecule has 0 aliphatic rings. The fourth-order valence-electron chi connectivity index (χ4n) is 2.94. The first-order valence-corrected chi connectivity index (χ1v) is 14.6. The SMILES string of the molecule is CC(Sc1nnc(SC(C)C(=O)N/N=C/c2ccc(N(C)C)cc2)s1)C(=O)N/N=C/c1ccc(N(C)C)cc1. The smallest absolute Gasteiger partial charge is 0.253 e. The van der Waals surface area contributed by atoms with Gasteiger partial charge in [-0.05, 0) is 49.2 Å². The average molecular weight is 585 g/mol. The summed E-state index contributed by atoms with van der Waals surface area (Å²) in [4.78, 5) is 28.9. The van der Waals surface area contributed by atoms with Crippen LogP contribution in [-0.4, -0.2) is 73.1 Å². The van der Waals surface area contributed by atoms with E-state index in [0.29, 0.717) is 8.68 Å². The Morgan fingerprint density at radius 2 is 1.10 bits per heavy atom. The van der Waals surface area contributed by atoms with Crippen LogP contribution in [0.25, 0.3) is 0 Å². The van der Waals surface area contributed by atoms with Gasteiger partial charge in [-0.2, -0.15) is 10.2 Å². The van der Waals surface area contributed by atoms with Crippen LogP contribution < -0.4 is 20.7 Å².